The van der Waals surface area contributed by atoms with Gasteiger partial charge in [0.05, 0.1) is 10.4 Å². The number of fused-ring (bicyclic) bond motifs is 1. The summed E-state index contributed by atoms with van der Waals surface area (Å²) >= 11 is 6.24. The van der Waals surface area contributed by atoms with Gasteiger partial charge in [0, 0.05) is 30.2 Å². The summed E-state index contributed by atoms with van der Waals surface area (Å²) < 4.78 is 7.53. The Morgan fingerprint density at radius 3 is 2.63 bits per heavy atom. The summed E-state index contributed by atoms with van der Waals surface area (Å²) in [5.74, 6) is 1.99. The molecule has 0 fully saturated rings. The molecule has 0 saturated heterocycles. The van der Waals surface area contributed by atoms with Gasteiger partial charge in [0.25, 0.3) is 11.5 Å². The van der Waals surface area contributed by atoms with Crippen molar-refractivity contribution in [2.75, 3.05) is 6.00 Å². The molecule has 1 aromatic carbocycles. The van der Waals surface area contributed by atoms with Crippen molar-refractivity contribution >= 4 is 45.0 Å². The van der Waals surface area contributed by atoms with Crippen LogP contribution < -0.4 is 16.6 Å². The van der Waals surface area contributed by atoms with E-state index in [-0.39, 0.29) is 18.0 Å². The van der Waals surface area contributed by atoms with Gasteiger partial charge in [-0.25, -0.2) is 14.4 Å². The van der Waals surface area contributed by atoms with Crippen molar-refractivity contribution in [3.63, 3.8) is 0 Å². The van der Waals surface area contributed by atoms with Crippen molar-refractivity contribution < 1.29 is 4.79 Å². The molecular weight excluding hydrogens is 426 g/mol. The summed E-state index contributed by atoms with van der Waals surface area (Å²) in [6.45, 7) is 8.61. The molecule has 0 aliphatic heterocycles. The van der Waals surface area contributed by atoms with Crippen LogP contribution >= 0.6 is 23.1 Å². The Labute approximate surface area is 182 Å². The normalized spacial score (nSPS) is 10.3. The summed E-state index contributed by atoms with van der Waals surface area (Å²) in [7, 11) is 1.61. The SMILES string of the molecule is C=C=NCCl.Cc1cc(=O)n(-c2ccc3snc(C(=O)NC(C)C)c3c2)c(=O)n1C. The molecule has 2 aromatic heterocycles. The van der Waals surface area contributed by atoms with Crippen molar-refractivity contribution in [2.45, 2.75) is 26.8 Å². The average Bonchev–Trinajstić information content (AvgIpc) is 3.10. The highest BCUT2D eigenvalue weighted by atomic mass is 35.5. The standard InChI is InChI=1S/C17H18N4O3S.C3H4ClN/c1-9(2)18-16(23)15-12-8-11(5-6-13(12)25-19-15)21-14(22)7-10(3)20(4)17(21)24;1-2-5-3-4/h5-9H,1-4H3,(H,18,23);1,3H2. The molecule has 1 N–H and O–H groups in total. The van der Waals surface area contributed by atoms with Crippen LogP contribution in [-0.4, -0.2) is 37.3 Å². The fourth-order valence-corrected chi connectivity index (χ4v) is 3.41. The van der Waals surface area contributed by atoms with Gasteiger partial charge in [0.15, 0.2) is 0 Å². The van der Waals surface area contributed by atoms with Crippen molar-refractivity contribution in [1.82, 2.24) is 18.8 Å². The zero-order chi connectivity index (χ0) is 22.4. The fraction of sp³-hybridized carbons (Fsp3) is 0.300. The van der Waals surface area contributed by atoms with Gasteiger partial charge in [-0.15, -0.1) is 11.6 Å². The third-order valence-electron chi connectivity index (χ3n) is 4.08. The second-order valence-electron chi connectivity index (χ2n) is 6.58. The van der Waals surface area contributed by atoms with Crippen LogP contribution in [0.1, 0.15) is 30.0 Å². The van der Waals surface area contributed by atoms with Crippen LogP contribution in [0.5, 0.6) is 0 Å². The van der Waals surface area contributed by atoms with Gasteiger partial charge in [-0.1, -0.05) is 0 Å². The largest absolute Gasteiger partial charge is 0.348 e. The van der Waals surface area contributed by atoms with Crippen LogP contribution in [0.3, 0.4) is 0 Å². The molecule has 0 atom stereocenters. The van der Waals surface area contributed by atoms with Gasteiger partial charge in [0.2, 0.25) is 0 Å². The first-order valence-corrected chi connectivity index (χ1v) is 10.3. The maximum atomic E-state index is 12.5. The minimum absolute atomic E-state index is 0.0144. The average molecular weight is 448 g/mol. The number of rotatable bonds is 4. The highest BCUT2D eigenvalue weighted by molar-refractivity contribution is 7.13. The maximum absolute atomic E-state index is 12.5. The number of benzene rings is 1. The molecule has 1 amide bonds. The van der Waals surface area contributed by atoms with Crippen molar-refractivity contribution in [2.24, 2.45) is 12.0 Å². The summed E-state index contributed by atoms with van der Waals surface area (Å²) in [6.07, 6.45) is 0. The highest BCUT2D eigenvalue weighted by Crippen LogP contribution is 2.25. The van der Waals surface area contributed by atoms with E-state index in [0.717, 1.165) is 9.27 Å². The fourth-order valence-electron chi connectivity index (χ4n) is 2.58. The molecule has 0 unspecified atom stereocenters. The number of nitrogens with one attached hydrogen (secondary N) is 1. The molecule has 0 aliphatic rings. The summed E-state index contributed by atoms with van der Waals surface area (Å²) in [5, 5.41) is 3.43. The lowest BCUT2D eigenvalue weighted by atomic mass is 10.2. The van der Waals surface area contributed by atoms with E-state index in [9.17, 15) is 14.4 Å². The predicted molar refractivity (Wildman–Crippen MR) is 122 cm³/mol. The quantitative estimate of drug-likeness (QED) is 0.377. The topological polar surface area (TPSA) is 98.3 Å². The van der Waals surface area contributed by atoms with E-state index in [1.165, 1.54) is 22.2 Å². The first kappa shape index (κ1) is 23.3. The summed E-state index contributed by atoms with van der Waals surface area (Å²) in [6, 6.07) is 6.77. The Morgan fingerprint density at radius 1 is 1.37 bits per heavy atom. The lowest BCUT2D eigenvalue weighted by molar-refractivity contribution is 0.0941. The molecule has 0 bridgehead atoms. The Kier molecular flexibility index (Phi) is 7.88. The Bertz CT molecular complexity index is 1240. The maximum Gasteiger partial charge on any atom is 0.335 e. The van der Waals surface area contributed by atoms with Gasteiger partial charge >= 0.3 is 5.69 Å². The van der Waals surface area contributed by atoms with Gasteiger partial charge in [-0.3, -0.25) is 9.59 Å². The van der Waals surface area contributed by atoms with E-state index >= 15 is 0 Å². The molecule has 0 saturated carbocycles. The molecule has 30 heavy (non-hydrogen) atoms. The third-order valence-corrected chi connectivity index (χ3v) is 5.02. The molecule has 3 rings (SSSR count). The van der Waals surface area contributed by atoms with Crippen molar-refractivity contribution in [3.05, 3.63) is 63.1 Å². The monoisotopic (exact) mass is 447 g/mol. The number of alkyl halides is 1. The molecule has 0 aliphatic carbocycles. The lowest BCUT2D eigenvalue weighted by Gasteiger charge is -2.10. The summed E-state index contributed by atoms with van der Waals surface area (Å²) in [5.41, 5.74) is 0.461. The number of hydrogen-bond acceptors (Lipinski definition) is 6. The molecule has 158 valence electrons. The number of aliphatic imine (C=N–C) groups is 1. The minimum Gasteiger partial charge on any atom is -0.348 e. The van der Waals surface area contributed by atoms with Gasteiger partial charge in [-0.2, -0.15) is 4.37 Å². The minimum atomic E-state index is -0.430. The zero-order valence-corrected chi connectivity index (χ0v) is 18.7. The van der Waals surface area contributed by atoms with Crippen molar-refractivity contribution in [1.29, 1.82) is 0 Å². The first-order valence-electron chi connectivity index (χ1n) is 8.96. The predicted octanol–water partition coefficient (Wildman–Crippen LogP) is 2.63. The van der Waals surface area contributed by atoms with Gasteiger partial charge in [0.1, 0.15) is 11.7 Å². The van der Waals surface area contributed by atoms with Crippen LogP contribution in [0.15, 0.2) is 45.4 Å². The number of nitrogens with zero attached hydrogens (tertiary/aromatic N) is 4. The van der Waals surface area contributed by atoms with E-state index in [2.05, 4.69) is 27.1 Å². The highest BCUT2D eigenvalue weighted by Gasteiger charge is 2.17. The Hall–Kier alpha value is -3.00. The van der Waals surface area contributed by atoms with E-state index in [4.69, 9.17) is 11.6 Å². The number of aryl methyl sites for hydroxylation is 1. The van der Waals surface area contributed by atoms with E-state index in [1.807, 2.05) is 13.8 Å². The first-order chi connectivity index (χ1) is 14.2. The number of aromatic nitrogens is 3. The molecular formula is C20H22ClN5O3S. The van der Waals surface area contributed by atoms with Crippen LogP contribution in [0.4, 0.5) is 0 Å². The van der Waals surface area contributed by atoms with Crippen LogP contribution in [-0.2, 0) is 7.05 Å². The lowest BCUT2D eigenvalue weighted by Crippen LogP contribution is -2.38. The van der Waals surface area contributed by atoms with E-state index in [0.29, 0.717) is 22.5 Å². The molecule has 8 nitrogen and oxygen atoms in total. The van der Waals surface area contributed by atoms with Gasteiger partial charge in [-0.05, 0) is 63.0 Å². The molecule has 0 spiro atoms. The van der Waals surface area contributed by atoms with Crippen LogP contribution in [0.25, 0.3) is 15.8 Å². The summed E-state index contributed by atoms with van der Waals surface area (Å²) in [4.78, 5) is 40.5. The molecule has 3 aromatic rings. The second-order valence-corrected chi connectivity index (χ2v) is 7.62. The smallest absolute Gasteiger partial charge is 0.335 e. The van der Waals surface area contributed by atoms with Gasteiger partial charge < -0.3 is 9.88 Å². The zero-order valence-electron chi connectivity index (χ0n) is 17.1. The number of amides is 1. The Balaban J connectivity index is 0.000000575. The molecule has 2 heterocycles. The van der Waals surface area contributed by atoms with E-state index < -0.39 is 11.2 Å². The molecule has 10 heteroatoms. The number of carbonyl (C=O) groups is 1. The number of halogens is 1. The second kappa shape index (κ2) is 10.2. The Morgan fingerprint density at radius 2 is 2.07 bits per heavy atom. The molecule has 0 radical (unpaired) electrons. The third kappa shape index (κ3) is 5.13. The van der Waals surface area contributed by atoms with Crippen LogP contribution in [0, 0.1) is 6.92 Å². The van der Waals surface area contributed by atoms with Crippen molar-refractivity contribution in [3.8, 4) is 5.69 Å². The number of carbonyl (C=O) groups excluding carboxylic acids is 1. The number of hydrogen-bond donors (Lipinski definition) is 1. The van der Waals surface area contributed by atoms with E-state index in [1.54, 1.807) is 32.2 Å². The van der Waals surface area contributed by atoms with Crippen LogP contribution in [0.2, 0.25) is 0 Å².